The van der Waals surface area contributed by atoms with Crippen LogP contribution >= 0.6 is 0 Å². The van der Waals surface area contributed by atoms with Crippen LogP contribution in [0.15, 0.2) is 203 Å². The third-order valence-corrected chi connectivity index (χ3v) is 11.3. The molecule has 0 aliphatic carbocycles. The molecule has 4 nitrogen and oxygen atoms in total. The number of aromatic nitrogens is 1. The molecule has 56 heavy (non-hydrogen) atoms. The SMILES string of the molecule is c1ccc(N(c2ccc3c(c2)oc2ccccc23)c2cccc3c4c(-c5cccc6ccccc56)c5c(cc4n(-c4ccccc4)c23)oc2ccccc25)cc1. The number of fused-ring (bicyclic) bond motifs is 10. The Kier molecular flexibility index (Phi) is 6.60. The molecule has 3 aromatic heterocycles. The second-order valence-electron chi connectivity index (χ2n) is 14.4. The molecule has 0 spiro atoms. The Morgan fingerprint density at radius 3 is 1.86 bits per heavy atom. The lowest BCUT2D eigenvalue weighted by molar-refractivity contribution is 0.668. The number of furan rings is 2. The minimum atomic E-state index is 0.853. The molecule has 0 fully saturated rings. The number of anilines is 3. The van der Waals surface area contributed by atoms with Gasteiger partial charge >= 0.3 is 0 Å². The lowest BCUT2D eigenvalue weighted by Crippen LogP contribution is -2.11. The third-order valence-electron chi connectivity index (χ3n) is 11.3. The zero-order valence-corrected chi connectivity index (χ0v) is 30.2. The van der Waals surface area contributed by atoms with Gasteiger partial charge in [0.1, 0.15) is 22.3 Å². The van der Waals surface area contributed by atoms with E-state index in [0.717, 1.165) is 83.0 Å². The third kappa shape index (κ3) is 4.47. The van der Waals surface area contributed by atoms with E-state index in [1.165, 1.54) is 27.3 Å². The first-order chi connectivity index (χ1) is 27.8. The lowest BCUT2D eigenvalue weighted by atomic mass is 9.91. The lowest BCUT2D eigenvalue weighted by Gasteiger charge is -2.27. The van der Waals surface area contributed by atoms with Crippen molar-refractivity contribution in [3.63, 3.8) is 0 Å². The molecule has 0 saturated carbocycles. The molecular formula is C52H32N2O2. The van der Waals surface area contributed by atoms with Gasteiger partial charge in [0, 0.05) is 67.1 Å². The predicted octanol–water partition coefficient (Wildman–Crippen LogP) is 14.9. The highest BCUT2D eigenvalue weighted by molar-refractivity contribution is 6.30. The maximum atomic E-state index is 6.77. The van der Waals surface area contributed by atoms with Gasteiger partial charge in [-0.05, 0) is 70.9 Å². The fourth-order valence-corrected chi connectivity index (χ4v) is 9.01. The summed E-state index contributed by atoms with van der Waals surface area (Å²) in [4.78, 5) is 2.37. The van der Waals surface area contributed by atoms with Crippen LogP contribution in [0.1, 0.15) is 0 Å². The van der Waals surface area contributed by atoms with Gasteiger partial charge < -0.3 is 18.3 Å². The minimum absolute atomic E-state index is 0.853. The van der Waals surface area contributed by atoms with E-state index in [2.05, 4.69) is 191 Å². The molecular weight excluding hydrogens is 685 g/mol. The van der Waals surface area contributed by atoms with Crippen LogP contribution in [0.4, 0.5) is 17.1 Å². The van der Waals surface area contributed by atoms with E-state index in [1.54, 1.807) is 0 Å². The van der Waals surface area contributed by atoms with Crippen LogP contribution in [-0.2, 0) is 0 Å². The Bertz CT molecular complexity index is 3480. The molecule has 0 unspecified atom stereocenters. The maximum Gasteiger partial charge on any atom is 0.138 e. The summed E-state index contributed by atoms with van der Waals surface area (Å²) >= 11 is 0. The monoisotopic (exact) mass is 716 g/mol. The summed E-state index contributed by atoms with van der Waals surface area (Å²) in [5, 5.41) is 9.19. The van der Waals surface area contributed by atoms with Gasteiger partial charge in [-0.25, -0.2) is 0 Å². The average molecular weight is 717 g/mol. The number of benzene rings is 9. The Hall–Kier alpha value is -7.56. The molecule has 4 heteroatoms. The Balaban J connectivity index is 1.26. The van der Waals surface area contributed by atoms with Gasteiger partial charge in [-0.2, -0.15) is 0 Å². The van der Waals surface area contributed by atoms with Crippen LogP contribution in [0.5, 0.6) is 0 Å². The summed E-state index contributed by atoms with van der Waals surface area (Å²) in [6.45, 7) is 0. The summed E-state index contributed by atoms with van der Waals surface area (Å²) in [5.41, 5.74) is 12.2. The van der Waals surface area contributed by atoms with Gasteiger partial charge in [-0.1, -0.05) is 127 Å². The standard InChI is InChI=1S/C52H32N2O2/c1-3-17-34(18-4-1)53(36-29-30-39-38-22-9-11-27-45(38)55-47(39)31-36)43-26-14-25-42-49-44(54(52(42)43)35-19-5-2-6-20-35)32-48-50(41-23-10-12-28-46(41)56-48)51(49)40-24-13-16-33-15-7-8-21-37(33)40/h1-32H. The largest absolute Gasteiger partial charge is 0.456 e. The van der Waals surface area contributed by atoms with Crippen molar-refractivity contribution in [3.8, 4) is 16.8 Å². The molecule has 0 saturated heterocycles. The van der Waals surface area contributed by atoms with Crippen LogP contribution < -0.4 is 4.90 Å². The van der Waals surface area contributed by atoms with E-state index in [4.69, 9.17) is 8.83 Å². The highest BCUT2D eigenvalue weighted by Gasteiger charge is 2.27. The van der Waals surface area contributed by atoms with E-state index in [0.29, 0.717) is 0 Å². The van der Waals surface area contributed by atoms with Crippen LogP contribution in [0.2, 0.25) is 0 Å². The number of rotatable bonds is 5. The molecule has 9 aromatic carbocycles. The van der Waals surface area contributed by atoms with Crippen molar-refractivity contribution < 1.29 is 8.83 Å². The summed E-state index contributed by atoms with van der Waals surface area (Å²) in [6.07, 6.45) is 0. The molecule has 0 radical (unpaired) electrons. The van der Waals surface area contributed by atoms with Gasteiger partial charge in [-0.15, -0.1) is 0 Å². The Morgan fingerprint density at radius 2 is 1.02 bits per heavy atom. The van der Waals surface area contributed by atoms with E-state index >= 15 is 0 Å². The Morgan fingerprint density at radius 1 is 0.393 bits per heavy atom. The predicted molar refractivity (Wildman–Crippen MR) is 233 cm³/mol. The van der Waals surface area contributed by atoms with Gasteiger partial charge in [0.2, 0.25) is 0 Å². The fraction of sp³-hybridized carbons (Fsp3) is 0. The van der Waals surface area contributed by atoms with Gasteiger partial charge in [-0.3, -0.25) is 0 Å². The molecule has 0 amide bonds. The first-order valence-electron chi connectivity index (χ1n) is 19.0. The summed E-state index contributed by atoms with van der Waals surface area (Å²) < 4.78 is 15.7. The van der Waals surface area contributed by atoms with Crippen molar-refractivity contribution in [1.82, 2.24) is 4.57 Å². The number of para-hydroxylation sites is 5. The molecule has 0 bridgehead atoms. The molecule has 0 N–H and O–H groups in total. The molecule has 0 aliphatic rings. The summed E-state index contributed by atoms with van der Waals surface area (Å²) in [6, 6.07) is 68.9. The van der Waals surface area contributed by atoms with E-state index in [-0.39, 0.29) is 0 Å². The molecule has 0 atom stereocenters. The topological polar surface area (TPSA) is 34.5 Å². The van der Waals surface area contributed by atoms with Crippen molar-refractivity contribution >= 4 is 93.5 Å². The van der Waals surface area contributed by atoms with Gasteiger partial charge in [0.05, 0.1) is 16.7 Å². The van der Waals surface area contributed by atoms with Gasteiger partial charge in [0.15, 0.2) is 0 Å². The van der Waals surface area contributed by atoms with E-state index < -0.39 is 0 Å². The maximum absolute atomic E-state index is 6.77. The average Bonchev–Trinajstić information content (AvgIpc) is 3.93. The molecule has 3 heterocycles. The number of hydrogen-bond donors (Lipinski definition) is 0. The van der Waals surface area contributed by atoms with Crippen molar-refractivity contribution in [2.45, 2.75) is 0 Å². The molecule has 12 aromatic rings. The second kappa shape index (κ2) is 12.0. The van der Waals surface area contributed by atoms with Crippen molar-refractivity contribution in [1.29, 1.82) is 0 Å². The zero-order valence-electron chi connectivity index (χ0n) is 30.2. The van der Waals surface area contributed by atoms with Crippen molar-refractivity contribution in [2.75, 3.05) is 4.90 Å². The summed E-state index contributed by atoms with van der Waals surface area (Å²) in [5.74, 6) is 0. The quantitative estimate of drug-likeness (QED) is 0.178. The normalized spacial score (nSPS) is 11.9. The van der Waals surface area contributed by atoms with Crippen molar-refractivity contribution in [3.05, 3.63) is 194 Å². The molecule has 262 valence electrons. The second-order valence-corrected chi connectivity index (χ2v) is 14.4. The summed E-state index contributed by atoms with van der Waals surface area (Å²) in [7, 11) is 0. The first kappa shape index (κ1) is 30.9. The molecule has 12 rings (SSSR count). The highest BCUT2D eigenvalue weighted by atomic mass is 16.3. The number of hydrogen-bond acceptors (Lipinski definition) is 3. The Labute approximate surface area is 321 Å². The fourth-order valence-electron chi connectivity index (χ4n) is 9.01. The smallest absolute Gasteiger partial charge is 0.138 e. The molecule has 0 aliphatic heterocycles. The van der Waals surface area contributed by atoms with E-state index in [1.807, 2.05) is 12.1 Å². The van der Waals surface area contributed by atoms with Crippen LogP contribution in [0.3, 0.4) is 0 Å². The highest BCUT2D eigenvalue weighted by Crippen LogP contribution is 2.50. The first-order valence-corrected chi connectivity index (χ1v) is 19.0. The number of nitrogens with zero attached hydrogens (tertiary/aromatic N) is 2. The zero-order chi connectivity index (χ0) is 36.7. The van der Waals surface area contributed by atoms with Gasteiger partial charge in [0.25, 0.3) is 0 Å². The van der Waals surface area contributed by atoms with E-state index in [9.17, 15) is 0 Å². The van der Waals surface area contributed by atoms with Crippen LogP contribution in [-0.4, -0.2) is 4.57 Å². The van der Waals surface area contributed by atoms with Crippen LogP contribution in [0, 0.1) is 0 Å². The van der Waals surface area contributed by atoms with Crippen molar-refractivity contribution in [2.24, 2.45) is 0 Å². The van der Waals surface area contributed by atoms with Crippen LogP contribution in [0.25, 0.3) is 93.3 Å². The minimum Gasteiger partial charge on any atom is -0.456 e.